The summed E-state index contributed by atoms with van der Waals surface area (Å²) in [5, 5.41) is 15.8. The Morgan fingerprint density at radius 2 is 2.20 bits per heavy atom. The number of hydrogen-bond acceptors (Lipinski definition) is 2. The van der Waals surface area contributed by atoms with Crippen LogP contribution in [0.4, 0.5) is 0 Å². The summed E-state index contributed by atoms with van der Waals surface area (Å²) >= 11 is 0. The SMILES string of the molecule is [B]C(C)(C)C(C#N)C(=O)O. The van der Waals surface area contributed by atoms with Gasteiger partial charge in [-0.05, 0) is 5.31 Å². The molecule has 10 heavy (non-hydrogen) atoms. The molecule has 1 N–H and O–H groups in total. The Bertz CT molecular complexity index is 177. The Morgan fingerprint density at radius 3 is 2.20 bits per heavy atom. The topological polar surface area (TPSA) is 61.1 Å². The average molecular weight is 137 g/mol. The third-order valence-electron chi connectivity index (χ3n) is 1.12. The van der Waals surface area contributed by atoms with E-state index in [-0.39, 0.29) is 0 Å². The minimum atomic E-state index is -1.17. The lowest BCUT2D eigenvalue weighted by Crippen LogP contribution is -2.24. The molecule has 0 aliphatic rings. The van der Waals surface area contributed by atoms with Crippen LogP contribution in [0, 0.1) is 17.2 Å². The van der Waals surface area contributed by atoms with E-state index in [2.05, 4.69) is 0 Å². The molecule has 0 bridgehead atoms. The maximum absolute atomic E-state index is 10.3. The third kappa shape index (κ3) is 2.10. The fraction of sp³-hybridized carbons (Fsp3) is 0.667. The molecule has 0 saturated heterocycles. The van der Waals surface area contributed by atoms with Crippen molar-refractivity contribution in [3.63, 3.8) is 0 Å². The summed E-state index contributed by atoms with van der Waals surface area (Å²) in [5.74, 6) is -2.30. The van der Waals surface area contributed by atoms with Crippen LogP contribution in [-0.2, 0) is 4.79 Å². The molecule has 0 saturated carbocycles. The molecular formula is C6H8BNO2. The van der Waals surface area contributed by atoms with Gasteiger partial charge < -0.3 is 5.11 Å². The summed E-state index contributed by atoms with van der Waals surface area (Å²) in [5.41, 5.74) is 0. The van der Waals surface area contributed by atoms with Gasteiger partial charge in [0.15, 0.2) is 0 Å². The molecule has 0 aromatic rings. The number of carbonyl (C=O) groups is 1. The van der Waals surface area contributed by atoms with Gasteiger partial charge in [-0.1, -0.05) is 13.8 Å². The zero-order valence-corrected chi connectivity index (χ0v) is 5.96. The lowest BCUT2D eigenvalue weighted by molar-refractivity contribution is -0.140. The lowest BCUT2D eigenvalue weighted by atomic mass is 9.64. The highest BCUT2D eigenvalue weighted by Crippen LogP contribution is 2.29. The minimum Gasteiger partial charge on any atom is -0.480 e. The van der Waals surface area contributed by atoms with Crippen LogP contribution in [0.5, 0.6) is 0 Å². The van der Waals surface area contributed by atoms with Crippen LogP contribution in [0.2, 0.25) is 5.31 Å². The fourth-order valence-electron chi connectivity index (χ4n) is 0.540. The molecule has 52 valence electrons. The van der Waals surface area contributed by atoms with Crippen LogP contribution >= 0.6 is 0 Å². The first-order valence-corrected chi connectivity index (χ1v) is 2.81. The number of carboxylic acid groups (broad SMARTS) is 1. The molecule has 0 heterocycles. The van der Waals surface area contributed by atoms with E-state index in [4.69, 9.17) is 18.2 Å². The van der Waals surface area contributed by atoms with Crippen LogP contribution in [0.25, 0.3) is 0 Å². The maximum atomic E-state index is 10.3. The molecule has 0 fully saturated rings. The summed E-state index contributed by atoms with van der Waals surface area (Å²) in [4.78, 5) is 10.3. The molecule has 4 heteroatoms. The fourth-order valence-corrected chi connectivity index (χ4v) is 0.540. The van der Waals surface area contributed by atoms with E-state index >= 15 is 0 Å². The molecule has 0 amide bonds. The van der Waals surface area contributed by atoms with Gasteiger partial charge in [-0.2, -0.15) is 5.26 Å². The van der Waals surface area contributed by atoms with Gasteiger partial charge in [0.05, 0.1) is 13.9 Å². The number of aliphatic carboxylic acids is 1. The highest BCUT2D eigenvalue weighted by molar-refractivity contribution is 6.16. The van der Waals surface area contributed by atoms with Crippen LogP contribution in [0.3, 0.4) is 0 Å². The van der Waals surface area contributed by atoms with E-state index in [0.717, 1.165) is 0 Å². The summed E-state index contributed by atoms with van der Waals surface area (Å²) in [7, 11) is 5.39. The number of hydrogen-bond donors (Lipinski definition) is 1. The number of nitrogens with zero attached hydrogens (tertiary/aromatic N) is 1. The predicted octanol–water partition coefficient (Wildman–Crippen LogP) is 0.578. The van der Waals surface area contributed by atoms with Gasteiger partial charge in [-0.3, -0.25) is 4.79 Å². The van der Waals surface area contributed by atoms with Crippen molar-refractivity contribution >= 4 is 13.8 Å². The largest absolute Gasteiger partial charge is 0.480 e. The van der Waals surface area contributed by atoms with Gasteiger partial charge >= 0.3 is 5.97 Å². The van der Waals surface area contributed by atoms with Crippen molar-refractivity contribution in [2.45, 2.75) is 19.2 Å². The molecule has 0 aliphatic carbocycles. The second kappa shape index (κ2) is 2.74. The quantitative estimate of drug-likeness (QED) is 0.566. The minimum absolute atomic E-state index is 0.972. The van der Waals surface area contributed by atoms with E-state index in [0.29, 0.717) is 0 Å². The lowest BCUT2D eigenvalue weighted by Gasteiger charge is -2.20. The molecule has 1 unspecified atom stereocenters. The molecule has 3 nitrogen and oxygen atoms in total. The Labute approximate surface area is 61.1 Å². The van der Waals surface area contributed by atoms with Crippen molar-refractivity contribution in [2.24, 2.45) is 5.92 Å². The van der Waals surface area contributed by atoms with Gasteiger partial charge in [-0.15, -0.1) is 0 Å². The second-order valence-electron chi connectivity index (χ2n) is 2.72. The monoisotopic (exact) mass is 137 g/mol. The van der Waals surface area contributed by atoms with E-state index < -0.39 is 17.2 Å². The first-order chi connectivity index (χ1) is 4.39. The highest BCUT2D eigenvalue weighted by atomic mass is 16.4. The molecule has 2 radical (unpaired) electrons. The third-order valence-corrected chi connectivity index (χ3v) is 1.12. The smallest absolute Gasteiger partial charge is 0.320 e. The second-order valence-corrected chi connectivity index (χ2v) is 2.72. The Kier molecular flexibility index (Phi) is 2.47. The highest BCUT2D eigenvalue weighted by Gasteiger charge is 2.30. The van der Waals surface area contributed by atoms with E-state index in [1.54, 1.807) is 6.07 Å². The first-order valence-electron chi connectivity index (χ1n) is 2.81. The molecule has 0 aliphatic heterocycles. The number of nitriles is 1. The molecule has 0 aromatic carbocycles. The van der Waals surface area contributed by atoms with Crippen LogP contribution < -0.4 is 0 Å². The Morgan fingerprint density at radius 1 is 1.80 bits per heavy atom. The van der Waals surface area contributed by atoms with E-state index in [9.17, 15) is 4.79 Å². The molecular weight excluding hydrogens is 129 g/mol. The maximum Gasteiger partial charge on any atom is 0.320 e. The van der Waals surface area contributed by atoms with Gasteiger partial charge in [0.25, 0.3) is 0 Å². The summed E-state index contributed by atoms with van der Waals surface area (Å²) < 4.78 is 0. The first kappa shape index (κ1) is 9.02. The van der Waals surface area contributed by atoms with Gasteiger partial charge in [0, 0.05) is 0 Å². The van der Waals surface area contributed by atoms with E-state index in [1.807, 2.05) is 0 Å². The number of rotatable bonds is 2. The molecule has 0 aromatic heterocycles. The zero-order chi connectivity index (χ0) is 8.36. The number of carboxylic acids is 1. The van der Waals surface area contributed by atoms with Crippen LogP contribution in [0.15, 0.2) is 0 Å². The van der Waals surface area contributed by atoms with Crippen molar-refractivity contribution < 1.29 is 9.90 Å². The van der Waals surface area contributed by atoms with Crippen molar-refractivity contribution in [3.8, 4) is 6.07 Å². The molecule has 0 spiro atoms. The average Bonchev–Trinajstić information content (AvgIpc) is 1.60. The zero-order valence-electron chi connectivity index (χ0n) is 5.96. The van der Waals surface area contributed by atoms with Crippen molar-refractivity contribution in [1.82, 2.24) is 0 Å². The summed E-state index contributed by atoms with van der Waals surface area (Å²) in [6.07, 6.45) is 0. The normalized spacial score (nSPS) is 13.7. The van der Waals surface area contributed by atoms with Gasteiger partial charge in [-0.25, -0.2) is 0 Å². The van der Waals surface area contributed by atoms with E-state index in [1.165, 1.54) is 13.8 Å². The van der Waals surface area contributed by atoms with Gasteiger partial charge in [0.1, 0.15) is 5.92 Å². The predicted molar refractivity (Wildman–Crippen MR) is 36.5 cm³/mol. The van der Waals surface area contributed by atoms with Crippen molar-refractivity contribution in [3.05, 3.63) is 0 Å². The Balaban J connectivity index is 4.42. The summed E-state index contributed by atoms with van der Waals surface area (Å²) in [6, 6.07) is 1.62. The van der Waals surface area contributed by atoms with Crippen molar-refractivity contribution in [2.75, 3.05) is 0 Å². The summed E-state index contributed by atoms with van der Waals surface area (Å²) in [6.45, 7) is 3.02. The standard InChI is InChI=1S/C6H8BNO2/c1-6(2,7)4(3-8)5(9)10/h4H,1-2H3,(H,9,10). The Hall–Kier alpha value is -0.975. The van der Waals surface area contributed by atoms with Crippen LogP contribution in [-0.4, -0.2) is 18.9 Å². The van der Waals surface area contributed by atoms with Crippen LogP contribution in [0.1, 0.15) is 13.8 Å². The van der Waals surface area contributed by atoms with Crippen molar-refractivity contribution in [1.29, 1.82) is 5.26 Å². The van der Waals surface area contributed by atoms with Gasteiger partial charge in [0.2, 0.25) is 0 Å². The molecule has 1 atom stereocenters. The molecule has 0 rings (SSSR count).